The number of halogens is 1. The van der Waals surface area contributed by atoms with Gasteiger partial charge in [-0.1, -0.05) is 17.7 Å². The Morgan fingerprint density at radius 3 is 2.88 bits per heavy atom. The number of guanidine groups is 1. The molecule has 8 heteroatoms. The summed E-state index contributed by atoms with van der Waals surface area (Å²) < 4.78 is 11.4. The molecular formula is C18H22ClN3O3S. The van der Waals surface area contributed by atoms with Crippen molar-refractivity contribution in [3.05, 3.63) is 45.1 Å². The molecule has 2 heterocycles. The van der Waals surface area contributed by atoms with Gasteiger partial charge in [-0.2, -0.15) is 0 Å². The molecule has 1 aromatic heterocycles. The van der Waals surface area contributed by atoms with Gasteiger partial charge in [0.2, 0.25) is 6.79 Å². The van der Waals surface area contributed by atoms with Gasteiger partial charge in [0, 0.05) is 25.0 Å². The molecule has 0 aliphatic carbocycles. The fourth-order valence-corrected chi connectivity index (χ4v) is 3.67. The molecule has 1 unspecified atom stereocenters. The molecule has 6 nitrogen and oxygen atoms in total. The second-order valence-electron chi connectivity index (χ2n) is 5.90. The number of thiophene rings is 1. The third kappa shape index (κ3) is 4.60. The number of aliphatic hydroxyl groups excluding tert-OH is 1. The molecule has 3 rings (SSSR count). The molecule has 26 heavy (non-hydrogen) atoms. The van der Waals surface area contributed by atoms with E-state index in [1.807, 2.05) is 43.1 Å². The Kier molecular flexibility index (Phi) is 6.24. The average molecular weight is 396 g/mol. The van der Waals surface area contributed by atoms with Crippen molar-refractivity contribution in [2.45, 2.75) is 19.6 Å². The van der Waals surface area contributed by atoms with Crippen molar-refractivity contribution in [2.24, 2.45) is 4.99 Å². The number of hydrogen-bond acceptors (Lipinski definition) is 5. The van der Waals surface area contributed by atoms with Crippen LogP contribution in [0.5, 0.6) is 11.5 Å². The molecule has 2 N–H and O–H groups in total. The van der Waals surface area contributed by atoms with E-state index >= 15 is 0 Å². The number of benzene rings is 1. The first-order valence-corrected chi connectivity index (χ1v) is 9.57. The summed E-state index contributed by atoms with van der Waals surface area (Å²) >= 11 is 7.30. The van der Waals surface area contributed by atoms with E-state index in [9.17, 15) is 5.11 Å². The van der Waals surface area contributed by atoms with Crippen molar-refractivity contribution in [3.63, 3.8) is 0 Å². The lowest BCUT2D eigenvalue weighted by Crippen LogP contribution is -2.38. The van der Waals surface area contributed by atoms with Crippen molar-refractivity contribution < 1.29 is 14.6 Å². The smallest absolute Gasteiger partial charge is 0.231 e. The number of hydrogen-bond donors (Lipinski definition) is 2. The second-order valence-corrected chi connectivity index (χ2v) is 7.64. The minimum atomic E-state index is -0.667. The largest absolute Gasteiger partial charge is 0.454 e. The van der Waals surface area contributed by atoms with Crippen LogP contribution in [0.4, 0.5) is 0 Å². The average Bonchev–Trinajstić information content (AvgIpc) is 3.26. The number of aliphatic hydroxyl groups is 1. The number of nitrogens with zero attached hydrogens (tertiary/aromatic N) is 2. The highest BCUT2D eigenvalue weighted by atomic mass is 35.5. The van der Waals surface area contributed by atoms with Gasteiger partial charge >= 0.3 is 0 Å². The van der Waals surface area contributed by atoms with E-state index in [1.54, 1.807) is 6.07 Å². The van der Waals surface area contributed by atoms with Gasteiger partial charge in [-0.3, -0.25) is 4.99 Å². The highest BCUT2D eigenvalue weighted by Gasteiger charge is 2.15. The zero-order valence-corrected chi connectivity index (χ0v) is 16.3. The molecule has 0 saturated carbocycles. The first kappa shape index (κ1) is 18.8. The van der Waals surface area contributed by atoms with E-state index in [-0.39, 0.29) is 13.3 Å². The SMILES string of the molecule is CCNC(=NCC(O)c1ccc(Cl)s1)N(C)Cc1ccc2c(c1)OCO2. The fourth-order valence-electron chi connectivity index (χ4n) is 2.63. The fraction of sp³-hybridized carbons (Fsp3) is 0.389. The summed E-state index contributed by atoms with van der Waals surface area (Å²) in [7, 11) is 1.96. The van der Waals surface area contributed by atoms with Crippen LogP contribution in [-0.2, 0) is 6.54 Å². The van der Waals surface area contributed by atoms with Crippen molar-refractivity contribution in [2.75, 3.05) is 26.9 Å². The molecule has 0 fully saturated rings. The van der Waals surface area contributed by atoms with E-state index in [0.29, 0.717) is 10.9 Å². The zero-order chi connectivity index (χ0) is 18.5. The lowest BCUT2D eigenvalue weighted by molar-refractivity contribution is 0.174. The number of rotatable bonds is 6. The quantitative estimate of drug-likeness (QED) is 0.580. The maximum Gasteiger partial charge on any atom is 0.231 e. The molecular weight excluding hydrogens is 374 g/mol. The number of nitrogens with one attached hydrogen (secondary N) is 1. The highest BCUT2D eigenvalue weighted by molar-refractivity contribution is 7.16. The minimum absolute atomic E-state index is 0.267. The maximum absolute atomic E-state index is 10.3. The lowest BCUT2D eigenvalue weighted by Gasteiger charge is -2.22. The van der Waals surface area contributed by atoms with E-state index < -0.39 is 6.10 Å². The van der Waals surface area contributed by atoms with Crippen LogP contribution in [-0.4, -0.2) is 42.9 Å². The Balaban J connectivity index is 1.65. The van der Waals surface area contributed by atoms with Gasteiger partial charge in [0.15, 0.2) is 17.5 Å². The Morgan fingerprint density at radius 1 is 1.35 bits per heavy atom. The first-order chi connectivity index (χ1) is 12.6. The molecule has 1 aliphatic rings. The monoisotopic (exact) mass is 395 g/mol. The maximum atomic E-state index is 10.3. The van der Waals surface area contributed by atoms with Crippen LogP contribution in [0.15, 0.2) is 35.3 Å². The first-order valence-electron chi connectivity index (χ1n) is 8.38. The second kappa shape index (κ2) is 8.62. The van der Waals surface area contributed by atoms with Gasteiger partial charge in [0.1, 0.15) is 6.10 Å². The van der Waals surface area contributed by atoms with Gasteiger partial charge in [0.05, 0.1) is 10.9 Å². The van der Waals surface area contributed by atoms with Crippen LogP contribution in [0.25, 0.3) is 0 Å². The van der Waals surface area contributed by atoms with E-state index in [4.69, 9.17) is 21.1 Å². The zero-order valence-electron chi connectivity index (χ0n) is 14.7. The number of ether oxygens (including phenoxy) is 2. The molecule has 2 aromatic rings. The van der Waals surface area contributed by atoms with E-state index in [0.717, 1.165) is 34.4 Å². The lowest BCUT2D eigenvalue weighted by atomic mass is 10.2. The Labute approximate surface area is 162 Å². The molecule has 140 valence electrons. The number of aliphatic imine (C=N–C) groups is 1. The van der Waals surface area contributed by atoms with Crippen molar-refractivity contribution in [3.8, 4) is 11.5 Å². The molecule has 0 amide bonds. The standard InChI is InChI=1S/C18H22ClN3O3S/c1-3-20-18(21-9-13(23)16-6-7-17(19)26-16)22(2)10-12-4-5-14-15(8-12)25-11-24-14/h4-8,13,23H,3,9-11H2,1-2H3,(H,20,21). The molecule has 1 atom stereocenters. The predicted molar refractivity (Wildman–Crippen MR) is 104 cm³/mol. The molecule has 1 aromatic carbocycles. The van der Waals surface area contributed by atoms with Gasteiger partial charge in [-0.25, -0.2) is 0 Å². The van der Waals surface area contributed by atoms with Crippen LogP contribution < -0.4 is 14.8 Å². The normalized spacial score (nSPS) is 14.4. The molecule has 0 radical (unpaired) electrons. The van der Waals surface area contributed by atoms with Crippen molar-refractivity contribution in [1.82, 2.24) is 10.2 Å². The van der Waals surface area contributed by atoms with Gasteiger partial charge in [0.25, 0.3) is 0 Å². The third-order valence-corrected chi connectivity index (χ3v) is 5.22. The van der Waals surface area contributed by atoms with Gasteiger partial charge < -0.3 is 24.8 Å². The van der Waals surface area contributed by atoms with Crippen molar-refractivity contribution >= 4 is 28.9 Å². The third-order valence-electron chi connectivity index (χ3n) is 3.89. The summed E-state index contributed by atoms with van der Waals surface area (Å²) in [5.74, 6) is 2.27. The summed E-state index contributed by atoms with van der Waals surface area (Å²) in [6.07, 6.45) is -0.667. The molecule has 1 aliphatic heterocycles. The predicted octanol–water partition coefficient (Wildman–Crippen LogP) is 3.26. The van der Waals surface area contributed by atoms with Crippen LogP contribution >= 0.6 is 22.9 Å². The van der Waals surface area contributed by atoms with Gasteiger partial charge in [-0.15, -0.1) is 11.3 Å². The molecule has 0 bridgehead atoms. The van der Waals surface area contributed by atoms with Crippen molar-refractivity contribution in [1.29, 1.82) is 0 Å². The molecule has 0 spiro atoms. The summed E-state index contributed by atoms with van der Waals surface area (Å²) in [5.41, 5.74) is 1.09. The summed E-state index contributed by atoms with van der Waals surface area (Å²) in [4.78, 5) is 7.38. The summed E-state index contributed by atoms with van der Waals surface area (Å²) in [6.45, 7) is 3.95. The van der Waals surface area contributed by atoms with Crippen LogP contribution in [0, 0.1) is 0 Å². The Hall–Kier alpha value is -1.96. The van der Waals surface area contributed by atoms with Crippen LogP contribution in [0.3, 0.4) is 0 Å². The topological polar surface area (TPSA) is 66.3 Å². The number of fused-ring (bicyclic) bond motifs is 1. The minimum Gasteiger partial charge on any atom is -0.454 e. The van der Waals surface area contributed by atoms with Crippen LogP contribution in [0.1, 0.15) is 23.5 Å². The summed E-state index contributed by atoms with van der Waals surface area (Å²) in [6, 6.07) is 9.52. The highest BCUT2D eigenvalue weighted by Crippen LogP contribution is 2.32. The van der Waals surface area contributed by atoms with E-state index in [1.165, 1.54) is 11.3 Å². The van der Waals surface area contributed by atoms with Gasteiger partial charge in [-0.05, 0) is 36.8 Å². The summed E-state index contributed by atoms with van der Waals surface area (Å²) in [5, 5.41) is 13.5. The Morgan fingerprint density at radius 2 is 2.15 bits per heavy atom. The van der Waals surface area contributed by atoms with E-state index in [2.05, 4.69) is 10.3 Å². The Bertz CT molecular complexity index is 781. The van der Waals surface area contributed by atoms with Crippen LogP contribution in [0.2, 0.25) is 4.34 Å². The molecule has 0 saturated heterocycles.